The van der Waals surface area contributed by atoms with Crippen molar-refractivity contribution in [2.24, 2.45) is 0 Å². The van der Waals surface area contributed by atoms with Crippen LogP contribution in [0.15, 0.2) is 60.7 Å². The van der Waals surface area contributed by atoms with Crippen molar-refractivity contribution in [2.75, 3.05) is 0 Å². The SMILES string of the molecule is Cc1ccc(/C(C#N)=C\c2cc(Cl)c(OCc3ccc([N+](=O)[O-])cc3)c(Cl)c2)cc1. The molecule has 0 radical (unpaired) electrons. The molecule has 3 aromatic rings. The van der Waals surface area contributed by atoms with Gasteiger partial charge in [-0.1, -0.05) is 53.0 Å². The standard InChI is InChI=1S/C23H16Cl2N2O3/c1-15-2-6-18(7-3-15)19(13-26)10-17-11-21(24)23(22(25)12-17)30-14-16-4-8-20(9-5-16)27(28)29/h2-12H,14H2,1H3/b19-10-. The lowest BCUT2D eigenvalue weighted by Crippen LogP contribution is -1.97. The van der Waals surface area contributed by atoms with Gasteiger partial charge >= 0.3 is 0 Å². The van der Waals surface area contributed by atoms with E-state index >= 15 is 0 Å². The Labute approximate surface area is 183 Å². The summed E-state index contributed by atoms with van der Waals surface area (Å²) in [5, 5.41) is 20.9. The van der Waals surface area contributed by atoms with Crippen molar-refractivity contribution < 1.29 is 9.66 Å². The number of aryl methyl sites for hydroxylation is 1. The number of benzene rings is 3. The summed E-state index contributed by atoms with van der Waals surface area (Å²) in [5.74, 6) is 0.308. The number of rotatable bonds is 6. The van der Waals surface area contributed by atoms with Crippen molar-refractivity contribution in [1.29, 1.82) is 5.26 Å². The van der Waals surface area contributed by atoms with Gasteiger partial charge in [-0.05, 0) is 54.0 Å². The average Bonchev–Trinajstić information content (AvgIpc) is 2.72. The molecule has 0 N–H and O–H groups in total. The summed E-state index contributed by atoms with van der Waals surface area (Å²) < 4.78 is 5.72. The van der Waals surface area contributed by atoms with E-state index in [-0.39, 0.29) is 12.3 Å². The third kappa shape index (κ3) is 5.18. The third-order valence-electron chi connectivity index (χ3n) is 4.34. The Morgan fingerprint density at radius 2 is 1.70 bits per heavy atom. The van der Waals surface area contributed by atoms with E-state index in [1.807, 2.05) is 31.2 Å². The minimum absolute atomic E-state index is 0.00725. The normalized spacial score (nSPS) is 11.1. The molecule has 0 aliphatic rings. The molecule has 150 valence electrons. The van der Waals surface area contributed by atoms with Gasteiger partial charge < -0.3 is 4.74 Å². The maximum Gasteiger partial charge on any atom is 0.269 e. The van der Waals surface area contributed by atoms with Crippen LogP contribution in [-0.2, 0) is 6.61 Å². The van der Waals surface area contributed by atoms with Crippen LogP contribution in [0.4, 0.5) is 5.69 Å². The average molecular weight is 439 g/mol. The van der Waals surface area contributed by atoms with E-state index in [0.29, 0.717) is 26.9 Å². The van der Waals surface area contributed by atoms with Crippen LogP contribution in [0.2, 0.25) is 10.0 Å². The van der Waals surface area contributed by atoms with Gasteiger partial charge in [0.1, 0.15) is 6.61 Å². The molecule has 0 heterocycles. The van der Waals surface area contributed by atoms with Crippen LogP contribution >= 0.6 is 23.2 Å². The summed E-state index contributed by atoms with van der Waals surface area (Å²) in [7, 11) is 0. The second kappa shape index (κ2) is 9.45. The Morgan fingerprint density at radius 1 is 1.10 bits per heavy atom. The van der Waals surface area contributed by atoms with Crippen molar-refractivity contribution in [1.82, 2.24) is 0 Å². The molecule has 0 spiro atoms. The molecule has 0 saturated heterocycles. The number of hydrogen-bond donors (Lipinski definition) is 0. The Kier molecular flexibility index (Phi) is 6.73. The van der Waals surface area contributed by atoms with Gasteiger partial charge in [-0.2, -0.15) is 5.26 Å². The highest BCUT2D eigenvalue weighted by Crippen LogP contribution is 2.36. The quantitative estimate of drug-likeness (QED) is 0.182. The van der Waals surface area contributed by atoms with Gasteiger partial charge in [0.15, 0.2) is 5.75 Å². The molecule has 0 amide bonds. The highest BCUT2D eigenvalue weighted by Gasteiger charge is 2.11. The van der Waals surface area contributed by atoms with Gasteiger partial charge in [0.05, 0.1) is 26.6 Å². The van der Waals surface area contributed by atoms with Crippen LogP contribution in [0.1, 0.15) is 22.3 Å². The lowest BCUT2D eigenvalue weighted by atomic mass is 10.0. The summed E-state index contributed by atoms with van der Waals surface area (Å²) in [5.41, 5.74) is 3.81. The second-order valence-electron chi connectivity index (χ2n) is 6.56. The lowest BCUT2D eigenvalue weighted by Gasteiger charge is -2.11. The molecule has 0 fully saturated rings. The zero-order valence-electron chi connectivity index (χ0n) is 15.9. The number of nitriles is 1. The fourth-order valence-electron chi connectivity index (χ4n) is 2.75. The first kappa shape index (κ1) is 21.4. The van der Waals surface area contributed by atoms with Gasteiger partial charge in [0.25, 0.3) is 5.69 Å². The fraction of sp³-hybridized carbons (Fsp3) is 0.0870. The summed E-state index contributed by atoms with van der Waals surface area (Å²) >= 11 is 12.7. The number of hydrogen-bond acceptors (Lipinski definition) is 4. The Bertz CT molecular complexity index is 1130. The van der Waals surface area contributed by atoms with Gasteiger partial charge in [-0.15, -0.1) is 0 Å². The molecule has 0 aliphatic carbocycles. The first-order valence-electron chi connectivity index (χ1n) is 8.91. The van der Waals surface area contributed by atoms with Crippen molar-refractivity contribution in [2.45, 2.75) is 13.5 Å². The van der Waals surface area contributed by atoms with Gasteiger partial charge in [-0.25, -0.2) is 0 Å². The predicted octanol–water partition coefficient (Wildman–Crippen LogP) is 6.85. The molecule has 7 heteroatoms. The number of ether oxygens (including phenoxy) is 1. The van der Waals surface area contributed by atoms with Crippen LogP contribution in [0, 0.1) is 28.4 Å². The second-order valence-corrected chi connectivity index (χ2v) is 7.38. The minimum atomic E-state index is -0.462. The van der Waals surface area contributed by atoms with Crippen molar-refractivity contribution in [3.63, 3.8) is 0 Å². The zero-order chi connectivity index (χ0) is 21.7. The van der Waals surface area contributed by atoms with E-state index in [1.54, 1.807) is 30.3 Å². The zero-order valence-corrected chi connectivity index (χ0v) is 17.4. The topological polar surface area (TPSA) is 76.2 Å². The smallest absolute Gasteiger partial charge is 0.269 e. The summed E-state index contributed by atoms with van der Waals surface area (Å²) in [6.45, 7) is 2.13. The van der Waals surface area contributed by atoms with E-state index in [2.05, 4.69) is 6.07 Å². The van der Waals surface area contributed by atoms with Crippen LogP contribution in [0.25, 0.3) is 11.6 Å². The molecular weight excluding hydrogens is 423 g/mol. The van der Waals surface area contributed by atoms with Gasteiger partial charge in [-0.3, -0.25) is 10.1 Å². The largest absolute Gasteiger partial charge is 0.486 e. The first-order chi connectivity index (χ1) is 14.4. The number of allylic oxidation sites excluding steroid dienone is 1. The summed E-state index contributed by atoms with van der Waals surface area (Å²) in [6, 6.07) is 19.2. The monoisotopic (exact) mass is 438 g/mol. The van der Waals surface area contributed by atoms with Crippen molar-refractivity contribution in [3.8, 4) is 11.8 Å². The maximum absolute atomic E-state index is 10.7. The summed E-state index contributed by atoms with van der Waals surface area (Å²) in [6.07, 6.45) is 1.71. The van der Waals surface area contributed by atoms with Crippen LogP contribution < -0.4 is 4.74 Å². The summed E-state index contributed by atoms with van der Waals surface area (Å²) in [4.78, 5) is 10.3. The molecule has 0 unspecified atom stereocenters. The minimum Gasteiger partial charge on any atom is -0.486 e. The molecule has 5 nitrogen and oxygen atoms in total. The molecule has 3 aromatic carbocycles. The number of nitro groups is 1. The van der Waals surface area contributed by atoms with Crippen LogP contribution in [0.5, 0.6) is 5.75 Å². The molecule has 30 heavy (non-hydrogen) atoms. The number of halogens is 2. The van der Waals surface area contributed by atoms with Crippen molar-refractivity contribution in [3.05, 3.63) is 103 Å². The molecule has 0 saturated carbocycles. The number of nitrogens with zero attached hydrogens (tertiary/aromatic N) is 2. The van der Waals surface area contributed by atoms with E-state index in [1.165, 1.54) is 12.1 Å². The third-order valence-corrected chi connectivity index (χ3v) is 4.91. The van der Waals surface area contributed by atoms with E-state index in [9.17, 15) is 15.4 Å². The number of non-ortho nitro benzene ring substituents is 1. The first-order valence-corrected chi connectivity index (χ1v) is 9.67. The van der Waals surface area contributed by atoms with E-state index < -0.39 is 4.92 Å². The molecule has 0 aliphatic heterocycles. The maximum atomic E-state index is 10.7. The predicted molar refractivity (Wildman–Crippen MR) is 119 cm³/mol. The number of nitro benzene ring substituents is 1. The molecular formula is C23H16Cl2N2O3. The lowest BCUT2D eigenvalue weighted by molar-refractivity contribution is -0.384. The Balaban J connectivity index is 1.80. The van der Waals surface area contributed by atoms with Crippen molar-refractivity contribution >= 4 is 40.5 Å². The molecule has 0 bridgehead atoms. The van der Waals surface area contributed by atoms with Gasteiger partial charge in [0.2, 0.25) is 0 Å². The fourth-order valence-corrected chi connectivity index (χ4v) is 3.36. The molecule has 3 rings (SSSR count). The van der Waals surface area contributed by atoms with E-state index in [0.717, 1.165) is 16.7 Å². The molecule has 0 aromatic heterocycles. The van der Waals surface area contributed by atoms with Crippen LogP contribution in [-0.4, -0.2) is 4.92 Å². The van der Waals surface area contributed by atoms with Crippen LogP contribution in [0.3, 0.4) is 0 Å². The van der Waals surface area contributed by atoms with E-state index in [4.69, 9.17) is 27.9 Å². The molecule has 0 atom stereocenters. The highest BCUT2D eigenvalue weighted by molar-refractivity contribution is 6.37. The Morgan fingerprint density at radius 3 is 2.23 bits per heavy atom. The Hall–Kier alpha value is -3.33. The van der Waals surface area contributed by atoms with Gasteiger partial charge in [0, 0.05) is 12.1 Å². The highest BCUT2D eigenvalue weighted by atomic mass is 35.5.